The second-order valence-corrected chi connectivity index (χ2v) is 11.9. The minimum Gasteiger partial charge on any atom is -0.493 e. The Balaban J connectivity index is 2.08. The first-order valence-corrected chi connectivity index (χ1v) is 15.0. The van der Waals surface area contributed by atoms with Gasteiger partial charge in [-0.1, -0.05) is 36.8 Å². The molecule has 0 aliphatic heterocycles. The molecular formula is C31H38FN3O6S. The summed E-state index contributed by atoms with van der Waals surface area (Å²) in [5.41, 5.74) is 1.61. The van der Waals surface area contributed by atoms with Crippen LogP contribution < -0.4 is 19.1 Å². The van der Waals surface area contributed by atoms with Gasteiger partial charge in [0.2, 0.25) is 11.8 Å². The Bertz CT molecular complexity index is 1480. The minimum atomic E-state index is -4.25. The maximum atomic E-state index is 14.0. The number of ether oxygens (including phenoxy) is 2. The molecule has 0 heterocycles. The quantitative estimate of drug-likeness (QED) is 0.306. The van der Waals surface area contributed by atoms with E-state index < -0.39 is 34.3 Å². The Morgan fingerprint density at radius 3 is 2.12 bits per heavy atom. The molecule has 9 nitrogen and oxygen atoms in total. The monoisotopic (exact) mass is 599 g/mol. The van der Waals surface area contributed by atoms with Gasteiger partial charge in [-0.3, -0.25) is 13.9 Å². The molecule has 0 spiro atoms. The van der Waals surface area contributed by atoms with Crippen LogP contribution in [-0.4, -0.2) is 58.0 Å². The molecule has 2 amide bonds. The third kappa shape index (κ3) is 7.79. The number of rotatable bonds is 13. The van der Waals surface area contributed by atoms with E-state index in [-0.39, 0.29) is 34.8 Å². The zero-order valence-electron chi connectivity index (χ0n) is 24.8. The Morgan fingerprint density at radius 2 is 1.55 bits per heavy atom. The van der Waals surface area contributed by atoms with Crippen molar-refractivity contribution in [2.45, 2.75) is 57.6 Å². The Hall–Kier alpha value is -4.12. The van der Waals surface area contributed by atoms with E-state index in [4.69, 9.17) is 9.47 Å². The highest BCUT2D eigenvalue weighted by atomic mass is 32.2. The van der Waals surface area contributed by atoms with Crippen molar-refractivity contribution in [3.05, 3.63) is 83.7 Å². The van der Waals surface area contributed by atoms with Crippen molar-refractivity contribution in [2.24, 2.45) is 0 Å². The molecule has 0 radical (unpaired) electrons. The van der Waals surface area contributed by atoms with Crippen molar-refractivity contribution in [3.8, 4) is 11.5 Å². The minimum absolute atomic E-state index is 0.0108. The molecule has 1 N–H and O–H groups in total. The molecule has 0 bridgehead atoms. The van der Waals surface area contributed by atoms with Crippen LogP contribution in [0.15, 0.2) is 71.6 Å². The molecule has 42 heavy (non-hydrogen) atoms. The van der Waals surface area contributed by atoms with Crippen LogP contribution in [0.2, 0.25) is 0 Å². The summed E-state index contributed by atoms with van der Waals surface area (Å²) in [6, 6.07) is 15.3. The molecular weight excluding hydrogens is 561 g/mol. The largest absolute Gasteiger partial charge is 0.493 e. The molecule has 0 unspecified atom stereocenters. The Morgan fingerprint density at radius 1 is 0.929 bits per heavy atom. The van der Waals surface area contributed by atoms with E-state index >= 15 is 0 Å². The number of aryl methyl sites for hydroxylation is 1. The number of hydrogen-bond acceptors (Lipinski definition) is 6. The fourth-order valence-corrected chi connectivity index (χ4v) is 5.59. The van der Waals surface area contributed by atoms with E-state index in [2.05, 4.69) is 5.32 Å². The molecule has 3 rings (SSSR count). The molecule has 0 aliphatic carbocycles. The first kappa shape index (κ1) is 32.4. The highest BCUT2D eigenvalue weighted by molar-refractivity contribution is 7.92. The van der Waals surface area contributed by atoms with E-state index in [0.29, 0.717) is 17.7 Å². The highest BCUT2D eigenvalue weighted by Gasteiger charge is 2.33. The van der Waals surface area contributed by atoms with Gasteiger partial charge in [0.1, 0.15) is 18.4 Å². The van der Waals surface area contributed by atoms with Gasteiger partial charge >= 0.3 is 0 Å². The average Bonchev–Trinajstić information content (AvgIpc) is 2.98. The van der Waals surface area contributed by atoms with Gasteiger partial charge < -0.3 is 19.7 Å². The Kier molecular flexibility index (Phi) is 10.9. The molecule has 3 aromatic rings. The van der Waals surface area contributed by atoms with Crippen LogP contribution in [0, 0.1) is 12.7 Å². The molecule has 11 heteroatoms. The number of sulfonamides is 1. The van der Waals surface area contributed by atoms with Crippen LogP contribution in [0.5, 0.6) is 11.5 Å². The van der Waals surface area contributed by atoms with Gasteiger partial charge in [0.25, 0.3) is 10.0 Å². The molecule has 226 valence electrons. The maximum Gasteiger partial charge on any atom is 0.264 e. The summed E-state index contributed by atoms with van der Waals surface area (Å²) in [7, 11) is -1.37. The zero-order valence-corrected chi connectivity index (χ0v) is 25.6. The van der Waals surface area contributed by atoms with E-state index in [1.165, 1.54) is 67.7 Å². The highest BCUT2D eigenvalue weighted by Crippen LogP contribution is 2.34. The number of anilines is 1. The zero-order chi connectivity index (χ0) is 31.0. The van der Waals surface area contributed by atoms with Crippen molar-refractivity contribution < 1.29 is 31.9 Å². The summed E-state index contributed by atoms with van der Waals surface area (Å²) in [6.45, 7) is 6.53. The normalized spacial score (nSPS) is 12.6. The fraction of sp³-hybridized carbons (Fsp3) is 0.355. The molecule has 0 saturated carbocycles. The van der Waals surface area contributed by atoms with Crippen LogP contribution in [-0.2, 0) is 26.2 Å². The van der Waals surface area contributed by atoms with E-state index in [0.717, 1.165) is 9.87 Å². The van der Waals surface area contributed by atoms with Crippen LogP contribution in [0.25, 0.3) is 0 Å². The van der Waals surface area contributed by atoms with Gasteiger partial charge in [0.15, 0.2) is 11.5 Å². The average molecular weight is 600 g/mol. The number of halogens is 1. The number of nitrogens with zero attached hydrogens (tertiary/aromatic N) is 2. The second kappa shape index (κ2) is 14.2. The van der Waals surface area contributed by atoms with Gasteiger partial charge in [0, 0.05) is 18.7 Å². The molecule has 2 atom stereocenters. The molecule has 0 saturated heterocycles. The molecule has 3 aromatic carbocycles. The number of hydrogen-bond donors (Lipinski definition) is 1. The van der Waals surface area contributed by atoms with Crippen molar-refractivity contribution in [3.63, 3.8) is 0 Å². The third-order valence-electron chi connectivity index (χ3n) is 6.98. The van der Waals surface area contributed by atoms with Gasteiger partial charge in [-0.25, -0.2) is 12.8 Å². The van der Waals surface area contributed by atoms with Gasteiger partial charge in [-0.05, 0) is 69.2 Å². The number of nitrogens with one attached hydrogen (secondary N) is 1. The SMILES string of the molecule is CC[C@H](C)NC(=O)[C@H](C)N(Cc1ccc(F)cc1)C(=O)CN(c1ccc(OC)c(OC)c1)S(=O)(=O)c1ccc(C)cc1. The lowest BCUT2D eigenvalue weighted by molar-refractivity contribution is -0.139. The first-order chi connectivity index (χ1) is 19.9. The standard InChI is InChI=1S/C31H38FN3O6S/c1-7-22(3)33-31(37)23(4)34(19-24-10-12-25(32)13-11-24)30(36)20-35(26-14-17-28(40-5)29(18-26)41-6)42(38,39)27-15-8-21(2)9-16-27/h8-18,22-23H,7,19-20H2,1-6H3,(H,33,37)/t22-,23-/m0/s1. The summed E-state index contributed by atoms with van der Waals surface area (Å²) < 4.78 is 53.3. The van der Waals surface area contributed by atoms with Crippen molar-refractivity contribution in [1.82, 2.24) is 10.2 Å². The first-order valence-electron chi connectivity index (χ1n) is 13.6. The van der Waals surface area contributed by atoms with Crippen LogP contribution >= 0.6 is 0 Å². The summed E-state index contributed by atoms with van der Waals surface area (Å²) in [6.07, 6.45) is 0.687. The lowest BCUT2D eigenvalue weighted by Gasteiger charge is -2.32. The number of carbonyl (C=O) groups excluding carboxylic acids is 2. The van der Waals surface area contributed by atoms with Crippen molar-refractivity contribution in [2.75, 3.05) is 25.1 Å². The predicted octanol–water partition coefficient (Wildman–Crippen LogP) is 4.68. The number of methoxy groups -OCH3 is 2. The number of benzene rings is 3. The smallest absolute Gasteiger partial charge is 0.264 e. The van der Waals surface area contributed by atoms with Crippen molar-refractivity contribution >= 4 is 27.5 Å². The number of carbonyl (C=O) groups is 2. The van der Waals surface area contributed by atoms with Gasteiger partial charge in [-0.15, -0.1) is 0 Å². The molecule has 0 aromatic heterocycles. The fourth-order valence-electron chi connectivity index (χ4n) is 4.18. The van der Waals surface area contributed by atoms with Crippen molar-refractivity contribution in [1.29, 1.82) is 0 Å². The van der Waals surface area contributed by atoms with E-state index in [1.807, 2.05) is 20.8 Å². The number of amides is 2. The molecule has 0 aliphatic rings. The van der Waals surface area contributed by atoms with Crippen LogP contribution in [0.4, 0.5) is 10.1 Å². The van der Waals surface area contributed by atoms with E-state index in [1.54, 1.807) is 25.1 Å². The molecule has 0 fully saturated rings. The van der Waals surface area contributed by atoms with Gasteiger partial charge in [-0.2, -0.15) is 0 Å². The lowest BCUT2D eigenvalue weighted by Crippen LogP contribution is -2.52. The Labute approximate surface area is 247 Å². The van der Waals surface area contributed by atoms with E-state index in [9.17, 15) is 22.4 Å². The summed E-state index contributed by atoms with van der Waals surface area (Å²) in [5, 5.41) is 2.88. The summed E-state index contributed by atoms with van der Waals surface area (Å²) >= 11 is 0. The van der Waals surface area contributed by atoms with Gasteiger partial charge in [0.05, 0.1) is 24.8 Å². The predicted molar refractivity (Wildman–Crippen MR) is 160 cm³/mol. The maximum absolute atomic E-state index is 14.0. The van der Waals surface area contributed by atoms with Crippen LogP contribution in [0.1, 0.15) is 38.3 Å². The second-order valence-electron chi connectivity index (χ2n) is 10.0. The topological polar surface area (TPSA) is 105 Å². The third-order valence-corrected chi connectivity index (χ3v) is 8.77. The summed E-state index contributed by atoms with van der Waals surface area (Å²) in [5.74, 6) is -0.803. The lowest BCUT2D eigenvalue weighted by atomic mass is 10.1. The summed E-state index contributed by atoms with van der Waals surface area (Å²) in [4.78, 5) is 28.4. The van der Waals surface area contributed by atoms with Crippen LogP contribution in [0.3, 0.4) is 0 Å².